The first-order chi connectivity index (χ1) is 10.7. The number of carbonyl (C=O) groups excluding carboxylic acids is 1. The minimum Gasteiger partial charge on any atom is -0.317 e. The Morgan fingerprint density at radius 1 is 0.909 bits per heavy atom. The molecule has 0 unspecified atom stereocenters. The van der Waals surface area contributed by atoms with Crippen molar-refractivity contribution in [3.63, 3.8) is 0 Å². The van der Waals surface area contributed by atoms with Gasteiger partial charge < -0.3 is 10.2 Å². The largest absolute Gasteiger partial charge is 0.322 e. The van der Waals surface area contributed by atoms with Gasteiger partial charge in [0.1, 0.15) is 0 Å². The number of hydrogen-bond donors (Lipinski definition) is 1. The number of amides is 2. The lowest BCUT2D eigenvalue weighted by molar-refractivity contribution is 0.222. The molecule has 0 saturated heterocycles. The molecule has 0 saturated carbocycles. The SMILES string of the molecule is C=CCN(CC=C)C(=O)Nc1ccc(-c2ccccc2)cc1. The van der Waals surface area contributed by atoms with Crippen LogP contribution in [0.5, 0.6) is 0 Å². The zero-order valence-corrected chi connectivity index (χ0v) is 12.5. The Labute approximate surface area is 131 Å². The smallest absolute Gasteiger partial charge is 0.317 e. The van der Waals surface area contributed by atoms with Crippen molar-refractivity contribution >= 4 is 11.7 Å². The molecule has 0 atom stereocenters. The molecule has 1 N–H and O–H groups in total. The molecule has 0 radical (unpaired) electrons. The van der Waals surface area contributed by atoms with Crippen LogP contribution in [-0.2, 0) is 0 Å². The van der Waals surface area contributed by atoms with Crippen molar-refractivity contribution in [3.05, 3.63) is 79.9 Å². The van der Waals surface area contributed by atoms with Crippen LogP contribution in [-0.4, -0.2) is 24.0 Å². The Bertz CT molecular complexity index is 622. The first-order valence-corrected chi connectivity index (χ1v) is 7.18. The van der Waals surface area contributed by atoms with E-state index in [0.29, 0.717) is 13.1 Å². The monoisotopic (exact) mass is 292 g/mol. The molecule has 0 bridgehead atoms. The molecule has 0 fully saturated rings. The van der Waals surface area contributed by atoms with E-state index in [9.17, 15) is 4.79 Å². The maximum Gasteiger partial charge on any atom is 0.322 e. The highest BCUT2D eigenvalue weighted by Crippen LogP contribution is 2.21. The van der Waals surface area contributed by atoms with Crippen LogP contribution < -0.4 is 5.32 Å². The normalized spacial score (nSPS) is 9.82. The topological polar surface area (TPSA) is 32.3 Å². The van der Waals surface area contributed by atoms with E-state index in [2.05, 4.69) is 30.6 Å². The number of anilines is 1. The molecular weight excluding hydrogens is 272 g/mol. The quantitative estimate of drug-likeness (QED) is 0.778. The summed E-state index contributed by atoms with van der Waals surface area (Å²) >= 11 is 0. The first-order valence-electron chi connectivity index (χ1n) is 7.18. The van der Waals surface area contributed by atoms with Gasteiger partial charge in [0, 0.05) is 18.8 Å². The number of rotatable bonds is 6. The molecule has 3 heteroatoms. The minimum absolute atomic E-state index is 0.160. The summed E-state index contributed by atoms with van der Waals surface area (Å²) in [7, 11) is 0. The maximum absolute atomic E-state index is 12.2. The lowest BCUT2D eigenvalue weighted by atomic mass is 10.1. The Kier molecular flexibility index (Phi) is 5.55. The molecule has 0 aliphatic heterocycles. The summed E-state index contributed by atoms with van der Waals surface area (Å²) in [6, 6.07) is 17.8. The summed E-state index contributed by atoms with van der Waals surface area (Å²) in [4.78, 5) is 13.8. The number of nitrogens with zero attached hydrogens (tertiary/aromatic N) is 1. The van der Waals surface area contributed by atoms with Crippen molar-refractivity contribution in [3.8, 4) is 11.1 Å². The molecule has 0 aliphatic rings. The van der Waals surface area contributed by atoms with Gasteiger partial charge in [0.15, 0.2) is 0 Å². The third-order valence-electron chi connectivity index (χ3n) is 3.23. The number of nitrogens with one attached hydrogen (secondary N) is 1. The first kappa shape index (κ1) is 15.6. The summed E-state index contributed by atoms with van der Waals surface area (Å²) in [5.74, 6) is 0. The van der Waals surface area contributed by atoms with Crippen LogP contribution in [0.1, 0.15) is 0 Å². The van der Waals surface area contributed by atoms with E-state index in [4.69, 9.17) is 0 Å². The molecule has 0 spiro atoms. The highest BCUT2D eigenvalue weighted by Gasteiger charge is 2.10. The summed E-state index contributed by atoms with van der Waals surface area (Å²) < 4.78 is 0. The van der Waals surface area contributed by atoms with Crippen LogP contribution in [0.3, 0.4) is 0 Å². The van der Waals surface area contributed by atoms with Crippen molar-refractivity contribution in [1.29, 1.82) is 0 Å². The molecule has 3 nitrogen and oxygen atoms in total. The summed E-state index contributed by atoms with van der Waals surface area (Å²) in [5, 5.41) is 2.88. The second-order valence-corrected chi connectivity index (χ2v) is 4.86. The van der Waals surface area contributed by atoms with Gasteiger partial charge in [-0.1, -0.05) is 54.6 Å². The maximum atomic E-state index is 12.2. The van der Waals surface area contributed by atoms with Crippen molar-refractivity contribution < 1.29 is 4.79 Å². The third-order valence-corrected chi connectivity index (χ3v) is 3.23. The van der Waals surface area contributed by atoms with E-state index in [1.165, 1.54) is 0 Å². The van der Waals surface area contributed by atoms with Gasteiger partial charge >= 0.3 is 6.03 Å². The fourth-order valence-electron chi connectivity index (χ4n) is 2.13. The van der Waals surface area contributed by atoms with Crippen molar-refractivity contribution in [2.75, 3.05) is 18.4 Å². The van der Waals surface area contributed by atoms with Gasteiger partial charge in [-0.15, -0.1) is 13.2 Å². The van der Waals surface area contributed by atoms with E-state index >= 15 is 0 Å². The predicted octanol–water partition coefficient (Wildman–Crippen LogP) is 4.56. The lowest BCUT2D eigenvalue weighted by Gasteiger charge is -2.19. The van der Waals surface area contributed by atoms with E-state index in [0.717, 1.165) is 16.8 Å². The summed E-state index contributed by atoms with van der Waals surface area (Å²) in [6.45, 7) is 8.29. The average Bonchev–Trinajstić information content (AvgIpc) is 2.56. The van der Waals surface area contributed by atoms with Crippen LogP contribution in [0.4, 0.5) is 10.5 Å². The van der Waals surface area contributed by atoms with Gasteiger partial charge in [-0.2, -0.15) is 0 Å². The molecule has 112 valence electrons. The number of carbonyl (C=O) groups is 1. The Balaban J connectivity index is 2.06. The van der Waals surface area contributed by atoms with Crippen molar-refractivity contribution in [2.45, 2.75) is 0 Å². The average molecular weight is 292 g/mol. The number of benzene rings is 2. The molecular formula is C19H20N2O. The van der Waals surface area contributed by atoms with Crippen molar-refractivity contribution in [2.24, 2.45) is 0 Å². The molecule has 2 aromatic carbocycles. The van der Waals surface area contributed by atoms with Gasteiger partial charge in [0.2, 0.25) is 0 Å². The predicted molar refractivity (Wildman–Crippen MR) is 92.9 cm³/mol. The number of urea groups is 1. The lowest BCUT2D eigenvalue weighted by Crippen LogP contribution is -2.35. The fraction of sp³-hybridized carbons (Fsp3) is 0.105. The highest BCUT2D eigenvalue weighted by atomic mass is 16.2. The third kappa shape index (κ3) is 4.09. The Morgan fingerprint density at radius 2 is 1.45 bits per heavy atom. The van der Waals surface area contributed by atoms with E-state index in [-0.39, 0.29) is 6.03 Å². The molecule has 0 heterocycles. The zero-order valence-electron chi connectivity index (χ0n) is 12.5. The second-order valence-electron chi connectivity index (χ2n) is 4.86. The van der Waals surface area contributed by atoms with Crippen LogP contribution in [0.25, 0.3) is 11.1 Å². The molecule has 2 aromatic rings. The van der Waals surface area contributed by atoms with Crippen LogP contribution in [0.2, 0.25) is 0 Å². The standard InChI is InChI=1S/C19H20N2O/c1-3-14-21(15-4-2)19(22)20-18-12-10-17(11-13-18)16-8-6-5-7-9-16/h3-13H,1-2,14-15H2,(H,20,22). The molecule has 2 rings (SSSR count). The highest BCUT2D eigenvalue weighted by molar-refractivity contribution is 5.89. The fourth-order valence-corrected chi connectivity index (χ4v) is 2.13. The summed E-state index contributed by atoms with van der Waals surface area (Å²) in [5.41, 5.74) is 3.04. The Morgan fingerprint density at radius 3 is 2.00 bits per heavy atom. The van der Waals surface area contributed by atoms with E-state index < -0.39 is 0 Å². The molecule has 0 aliphatic carbocycles. The summed E-state index contributed by atoms with van der Waals surface area (Å²) in [6.07, 6.45) is 3.39. The minimum atomic E-state index is -0.160. The van der Waals surface area contributed by atoms with Gasteiger partial charge in [-0.3, -0.25) is 0 Å². The Hall–Kier alpha value is -2.81. The van der Waals surface area contributed by atoms with Gasteiger partial charge in [-0.25, -0.2) is 4.79 Å². The van der Waals surface area contributed by atoms with Gasteiger partial charge in [0.05, 0.1) is 0 Å². The van der Waals surface area contributed by atoms with Gasteiger partial charge in [-0.05, 0) is 23.3 Å². The number of hydrogen-bond acceptors (Lipinski definition) is 1. The van der Waals surface area contributed by atoms with E-state index in [1.54, 1.807) is 17.1 Å². The van der Waals surface area contributed by atoms with Crippen LogP contribution in [0, 0.1) is 0 Å². The van der Waals surface area contributed by atoms with Gasteiger partial charge in [0.25, 0.3) is 0 Å². The second kappa shape index (κ2) is 7.84. The zero-order chi connectivity index (χ0) is 15.8. The van der Waals surface area contributed by atoms with Crippen molar-refractivity contribution in [1.82, 2.24) is 4.90 Å². The van der Waals surface area contributed by atoms with Crippen LogP contribution in [0.15, 0.2) is 79.9 Å². The molecule has 0 aromatic heterocycles. The van der Waals surface area contributed by atoms with E-state index in [1.807, 2.05) is 42.5 Å². The molecule has 22 heavy (non-hydrogen) atoms. The molecule has 2 amide bonds. The van der Waals surface area contributed by atoms with Crippen LogP contribution >= 0.6 is 0 Å².